The van der Waals surface area contributed by atoms with E-state index in [1.165, 1.54) is 24.5 Å². The topological polar surface area (TPSA) is 186 Å². The number of pyridine rings is 1. The zero-order chi connectivity index (χ0) is 43.0. The Morgan fingerprint density at radius 3 is 2.44 bits per heavy atom. The molecule has 1 saturated carbocycles. The first-order chi connectivity index (χ1) is 29.3. The lowest BCUT2D eigenvalue weighted by Gasteiger charge is -2.37. The van der Waals surface area contributed by atoms with Gasteiger partial charge >= 0.3 is 6.18 Å². The first-order valence-electron chi connectivity index (χ1n) is 20.4. The fourth-order valence-corrected chi connectivity index (χ4v) is 9.87. The molecule has 2 atom stereocenters. The Bertz CT molecular complexity index is 2360. The number of hydrogen-bond donors (Lipinski definition) is 4. The number of nitrogens with one attached hydrogen (secondary N) is 3. The Hall–Kier alpha value is -5.66. The second-order valence-electron chi connectivity index (χ2n) is 15.7. The lowest BCUT2D eigenvalue weighted by molar-refractivity contribution is -0.141. The van der Waals surface area contributed by atoms with Crippen molar-refractivity contribution in [2.45, 2.75) is 69.3 Å². The minimum absolute atomic E-state index is 0.0616. The maximum atomic E-state index is 13.6. The summed E-state index contributed by atoms with van der Waals surface area (Å²) in [6.45, 7) is 4.18. The number of hydrogen-bond acceptors (Lipinski definition) is 12. The molecule has 8 rings (SSSR count). The number of fused-ring (bicyclic) bond motifs is 2. The second kappa shape index (κ2) is 17.4. The third-order valence-electron chi connectivity index (χ3n) is 12.0. The van der Waals surface area contributed by atoms with Crippen molar-refractivity contribution in [1.82, 2.24) is 30.0 Å². The fourth-order valence-electron chi connectivity index (χ4n) is 8.71. The van der Waals surface area contributed by atoms with Gasteiger partial charge in [0, 0.05) is 73.9 Å². The molecule has 2 unspecified atom stereocenters. The molecule has 4 aliphatic rings. The van der Waals surface area contributed by atoms with Gasteiger partial charge in [0.2, 0.25) is 17.7 Å². The third-order valence-corrected chi connectivity index (χ3v) is 13.1. The Morgan fingerprint density at radius 2 is 1.72 bits per heavy atom. The number of carbonyl (C=O) groups is 5. The molecule has 4 N–H and O–H groups in total. The Balaban J connectivity index is 0.789. The van der Waals surface area contributed by atoms with Crippen molar-refractivity contribution in [2.24, 2.45) is 5.92 Å². The number of aliphatic hydroxyl groups is 1. The first-order valence-corrected chi connectivity index (χ1v) is 21.2. The monoisotopic (exact) mass is 862 g/mol. The summed E-state index contributed by atoms with van der Waals surface area (Å²) in [5.41, 5.74) is 0.803. The number of piperazine rings is 1. The molecule has 1 aliphatic carbocycles. The average Bonchev–Trinajstić information content (AvgIpc) is 3.79. The summed E-state index contributed by atoms with van der Waals surface area (Å²) in [6.07, 6.45) is -1.87. The highest BCUT2D eigenvalue weighted by molar-refractivity contribution is 7.18. The number of benzene rings is 2. The summed E-state index contributed by atoms with van der Waals surface area (Å²) in [4.78, 5) is 77.6. The second-order valence-corrected chi connectivity index (χ2v) is 16.8. The minimum Gasteiger partial charge on any atom is -0.494 e. The van der Waals surface area contributed by atoms with Crippen LogP contribution in [0.1, 0.15) is 94.2 Å². The van der Waals surface area contributed by atoms with Gasteiger partial charge in [-0.1, -0.05) is 12.1 Å². The highest BCUT2D eigenvalue weighted by Crippen LogP contribution is 2.42. The molecule has 15 nitrogen and oxygen atoms in total. The van der Waals surface area contributed by atoms with Gasteiger partial charge in [-0.2, -0.15) is 13.2 Å². The Kier molecular flexibility index (Phi) is 12.0. The number of amides is 5. The van der Waals surface area contributed by atoms with E-state index < -0.39 is 47.8 Å². The Morgan fingerprint density at radius 1 is 0.967 bits per heavy atom. The zero-order valence-electron chi connectivity index (χ0n) is 33.3. The molecule has 0 spiro atoms. The lowest BCUT2D eigenvalue weighted by atomic mass is 9.81. The van der Waals surface area contributed by atoms with Gasteiger partial charge in [0.05, 0.1) is 28.0 Å². The summed E-state index contributed by atoms with van der Waals surface area (Å²) >= 11 is 1.48. The van der Waals surface area contributed by atoms with Crippen molar-refractivity contribution in [3.8, 4) is 5.75 Å². The average molecular weight is 863 g/mol. The SMILES string of the molecule is COc1cc2nc([C@H]3CC[C@H](C(=O)N4CCN(CCCNc5cccc6c5C(O)N(C5CCC(=O)NC5=O)C6=O)CC4)CC3)sc2cc1NC(=O)c1cccc(C(F)(F)F)n1. The number of aromatic nitrogens is 2. The molecule has 2 saturated heterocycles. The number of carbonyl (C=O) groups excluding carboxylic acids is 5. The number of ether oxygens (including phenoxy) is 1. The maximum absolute atomic E-state index is 13.6. The predicted octanol–water partition coefficient (Wildman–Crippen LogP) is 5.14. The molecular formula is C42H45F3N8O7S. The lowest BCUT2D eigenvalue weighted by Crippen LogP contribution is -2.53. The van der Waals surface area contributed by atoms with E-state index in [-0.39, 0.29) is 42.0 Å². The predicted molar refractivity (Wildman–Crippen MR) is 218 cm³/mol. The van der Waals surface area contributed by atoms with E-state index in [4.69, 9.17) is 9.72 Å². The van der Waals surface area contributed by atoms with E-state index in [2.05, 4.69) is 25.8 Å². The van der Waals surface area contributed by atoms with Crippen molar-refractivity contribution >= 4 is 62.5 Å². The maximum Gasteiger partial charge on any atom is 0.433 e. The molecular weight excluding hydrogens is 818 g/mol. The number of methoxy groups -OCH3 is 1. The fraction of sp³-hybridized carbons (Fsp3) is 0.452. The standard InChI is InChI=1S/C42H45F3N8O7S/c1-60-31-21-29-32(22-28(31)48-36(55)27-7-3-8-33(47-27)42(43,44)45)61-38(49-29)23-9-11-24(12-10-23)39(57)52-19-17-51(18-20-52)16-4-15-46-26-6-2-5-25-35(26)41(59)53(40(25)58)30-13-14-34(54)50-37(30)56/h2-3,5-8,21-24,30,41,46,59H,4,9-20H2,1H3,(H,48,55)(H,50,54,56)/t23-,24-,30?,41?. The van der Waals surface area contributed by atoms with E-state index in [1.54, 1.807) is 30.3 Å². The minimum atomic E-state index is -4.69. The van der Waals surface area contributed by atoms with Crippen LogP contribution in [0, 0.1) is 5.92 Å². The van der Waals surface area contributed by atoms with Crippen LogP contribution < -0.4 is 20.7 Å². The number of nitrogens with zero attached hydrogens (tertiary/aromatic N) is 5. The highest BCUT2D eigenvalue weighted by Gasteiger charge is 2.45. The molecule has 5 amide bonds. The van der Waals surface area contributed by atoms with Crippen LogP contribution in [0.2, 0.25) is 0 Å². The molecule has 0 radical (unpaired) electrons. The number of alkyl halides is 3. The molecule has 4 aromatic rings. The third kappa shape index (κ3) is 8.76. The summed E-state index contributed by atoms with van der Waals surface area (Å²) in [5, 5.41) is 20.3. The van der Waals surface area contributed by atoms with Gasteiger partial charge in [-0.05, 0) is 75.4 Å². The molecule has 3 aliphatic heterocycles. The molecule has 322 valence electrons. The highest BCUT2D eigenvalue weighted by atomic mass is 32.1. The van der Waals surface area contributed by atoms with Crippen LogP contribution in [-0.4, -0.2) is 112 Å². The van der Waals surface area contributed by atoms with Gasteiger partial charge < -0.3 is 25.4 Å². The molecule has 61 heavy (non-hydrogen) atoms. The Labute approximate surface area is 352 Å². The molecule has 19 heteroatoms. The van der Waals surface area contributed by atoms with Crippen molar-refractivity contribution in [1.29, 1.82) is 0 Å². The van der Waals surface area contributed by atoms with Crippen LogP contribution in [0.4, 0.5) is 24.5 Å². The quantitative estimate of drug-likeness (QED) is 0.116. The van der Waals surface area contributed by atoms with Crippen molar-refractivity contribution < 1.29 is 47.0 Å². The molecule has 0 bridgehead atoms. The van der Waals surface area contributed by atoms with Gasteiger partial charge in [-0.3, -0.25) is 39.1 Å². The van der Waals surface area contributed by atoms with Gasteiger partial charge in [0.15, 0.2) is 6.23 Å². The summed E-state index contributed by atoms with van der Waals surface area (Å²) in [5.74, 6) is -1.64. The van der Waals surface area contributed by atoms with E-state index in [1.807, 2.05) is 4.90 Å². The molecule has 3 fully saturated rings. The number of rotatable bonds is 11. The number of aliphatic hydroxyl groups excluding tert-OH is 1. The number of thiazole rings is 1. The molecule has 2 aromatic carbocycles. The molecule has 5 heterocycles. The van der Waals surface area contributed by atoms with Crippen LogP contribution in [0.5, 0.6) is 5.75 Å². The number of halogens is 3. The zero-order valence-corrected chi connectivity index (χ0v) is 34.1. The van der Waals surface area contributed by atoms with Crippen molar-refractivity contribution in [2.75, 3.05) is 57.0 Å². The van der Waals surface area contributed by atoms with Crippen molar-refractivity contribution in [3.63, 3.8) is 0 Å². The van der Waals surface area contributed by atoms with Gasteiger partial charge in [-0.25, -0.2) is 9.97 Å². The van der Waals surface area contributed by atoms with E-state index >= 15 is 0 Å². The van der Waals surface area contributed by atoms with Crippen LogP contribution in [0.25, 0.3) is 10.2 Å². The summed E-state index contributed by atoms with van der Waals surface area (Å²) in [6, 6.07) is 10.8. The van der Waals surface area contributed by atoms with Crippen molar-refractivity contribution in [3.05, 3.63) is 76.1 Å². The van der Waals surface area contributed by atoms with Crippen LogP contribution in [-0.2, 0) is 20.6 Å². The van der Waals surface area contributed by atoms with Gasteiger partial charge in [0.25, 0.3) is 11.8 Å². The van der Waals surface area contributed by atoms with E-state index in [0.717, 1.165) is 78.5 Å². The number of anilines is 2. The smallest absolute Gasteiger partial charge is 0.433 e. The van der Waals surface area contributed by atoms with Gasteiger partial charge in [-0.15, -0.1) is 11.3 Å². The molecule has 2 aromatic heterocycles. The van der Waals surface area contributed by atoms with E-state index in [9.17, 15) is 42.3 Å². The van der Waals surface area contributed by atoms with Crippen LogP contribution >= 0.6 is 11.3 Å². The van der Waals surface area contributed by atoms with Gasteiger partial charge in [0.1, 0.15) is 23.2 Å². The van der Waals surface area contributed by atoms with Crippen LogP contribution in [0.15, 0.2) is 48.5 Å². The number of imide groups is 1. The van der Waals surface area contributed by atoms with Crippen LogP contribution in [0.3, 0.4) is 0 Å². The summed E-state index contributed by atoms with van der Waals surface area (Å²) < 4.78 is 45.8. The van der Waals surface area contributed by atoms with E-state index in [0.29, 0.717) is 47.7 Å². The largest absolute Gasteiger partial charge is 0.494 e. The first kappa shape index (κ1) is 42.0. The summed E-state index contributed by atoms with van der Waals surface area (Å²) in [7, 11) is 1.43. The number of piperidine rings is 1. The normalized spacial score (nSPS) is 22.3.